The van der Waals surface area contributed by atoms with E-state index in [1.165, 1.54) is 121 Å². The summed E-state index contributed by atoms with van der Waals surface area (Å²) in [5.41, 5.74) is 20.6. The van der Waals surface area contributed by atoms with Crippen LogP contribution in [0.5, 0.6) is 0 Å². The number of benzene rings is 10. The summed E-state index contributed by atoms with van der Waals surface area (Å²) >= 11 is 0. The molecule has 2 heteroatoms. The average Bonchev–Trinajstić information content (AvgIpc) is 3.82. The van der Waals surface area contributed by atoms with E-state index in [2.05, 4.69) is 278 Å². The molecule has 336 valence electrons. The van der Waals surface area contributed by atoms with Gasteiger partial charge < -0.3 is 9.13 Å². The van der Waals surface area contributed by atoms with E-state index in [0.717, 1.165) is 17.8 Å². The molecule has 71 heavy (non-hydrogen) atoms. The van der Waals surface area contributed by atoms with E-state index in [1.54, 1.807) is 0 Å². The van der Waals surface area contributed by atoms with Gasteiger partial charge in [-0.05, 0) is 146 Å². The van der Waals surface area contributed by atoms with Crippen LogP contribution in [0.25, 0.3) is 116 Å². The van der Waals surface area contributed by atoms with E-state index in [-0.39, 0.29) is 0 Å². The second-order valence-corrected chi connectivity index (χ2v) is 18.9. The quantitative estimate of drug-likeness (QED) is 0.106. The Morgan fingerprint density at radius 1 is 0.366 bits per heavy atom. The van der Waals surface area contributed by atoms with Gasteiger partial charge in [0.1, 0.15) is 0 Å². The molecule has 1 aliphatic carbocycles. The van der Waals surface area contributed by atoms with Crippen molar-refractivity contribution in [3.8, 4) is 44.8 Å². The van der Waals surface area contributed by atoms with Crippen LogP contribution in [-0.4, -0.2) is 9.13 Å². The highest BCUT2D eigenvalue weighted by Crippen LogP contribution is 2.46. The fourth-order valence-electron chi connectivity index (χ4n) is 11.3. The summed E-state index contributed by atoms with van der Waals surface area (Å²) < 4.78 is 4.91. The van der Waals surface area contributed by atoms with Crippen LogP contribution >= 0.6 is 0 Å². The van der Waals surface area contributed by atoms with Crippen molar-refractivity contribution in [1.29, 1.82) is 0 Å². The van der Waals surface area contributed by atoms with E-state index in [0.29, 0.717) is 0 Å². The van der Waals surface area contributed by atoms with Gasteiger partial charge in [0.25, 0.3) is 0 Å². The van der Waals surface area contributed by atoms with E-state index in [9.17, 15) is 0 Å². The van der Waals surface area contributed by atoms with Crippen LogP contribution in [0.15, 0.2) is 249 Å². The molecule has 2 nitrogen and oxygen atoms in total. The van der Waals surface area contributed by atoms with E-state index in [4.69, 9.17) is 0 Å². The Kier molecular flexibility index (Phi) is 10.4. The molecule has 0 spiro atoms. The third-order valence-corrected chi connectivity index (χ3v) is 14.7. The minimum atomic E-state index is 0.860. The first kappa shape index (κ1) is 42.1. The molecular formula is C69H50N2. The number of allylic oxidation sites excluding steroid dienone is 7. The predicted molar refractivity (Wildman–Crippen MR) is 305 cm³/mol. The van der Waals surface area contributed by atoms with Crippen LogP contribution < -0.4 is 0 Å². The molecule has 2 aromatic heterocycles. The SMILES string of the molecule is C/C(=C\C=C(/C)c1cccc(-c2ccc3c(-c4cccc(-n5c6c(c7ccccc75)C=CC=CC6)c4)c4ccccc4c(-c4cccc(-n5c6ccccc6c6ccccc65)c4)c3c2)c1)c1ccccc1. The molecule has 0 bridgehead atoms. The number of para-hydroxylation sites is 3. The summed E-state index contributed by atoms with van der Waals surface area (Å²) in [5, 5.41) is 8.68. The summed E-state index contributed by atoms with van der Waals surface area (Å²) in [6.07, 6.45) is 14.2. The van der Waals surface area contributed by atoms with Gasteiger partial charge in [-0.15, -0.1) is 0 Å². The van der Waals surface area contributed by atoms with Crippen LogP contribution in [0.2, 0.25) is 0 Å². The summed E-state index contributed by atoms with van der Waals surface area (Å²) in [7, 11) is 0. The molecule has 1 aliphatic rings. The van der Waals surface area contributed by atoms with Crippen molar-refractivity contribution >= 4 is 71.5 Å². The Morgan fingerprint density at radius 2 is 0.859 bits per heavy atom. The smallest absolute Gasteiger partial charge is 0.0541 e. The average molecular weight is 907 g/mol. The van der Waals surface area contributed by atoms with Crippen LogP contribution in [0.4, 0.5) is 0 Å². The maximum Gasteiger partial charge on any atom is 0.0541 e. The van der Waals surface area contributed by atoms with Gasteiger partial charge in [0.15, 0.2) is 0 Å². The zero-order valence-electron chi connectivity index (χ0n) is 39.9. The largest absolute Gasteiger partial charge is 0.313 e. The van der Waals surface area contributed by atoms with Crippen molar-refractivity contribution in [1.82, 2.24) is 9.13 Å². The highest BCUT2D eigenvalue weighted by molar-refractivity contribution is 6.22. The highest BCUT2D eigenvalue weighted by Gasteiger charge is 2.22. The van der Waals surface area contributed by atoms with Crippen LogP contribution in [-0.2, 0) is 6.42 Å². The molecule has 0 saturated carbocycles. The van der Waals surface area contributed by atoms with Crippen LogP contribution in [0.1, 0.15) is 36.2 Å². The number of fused-ring (bicyclic) bond motifs is 8. The molecule has 0 aliphatic heterocycles. The number of nitrogens with zero attached hydrogens (tertiary/aromatic N) is 2. The molecule has 10 aromatic carbocycles. The second kappa shape index (κ2) is 17.5. The monoisotopic (exact) mass is 906 g/mol. The van der Waals surface area contributed by atoms with Crippen molar-refractivity contribution in [3.63, 3.8) is 0 Å². The van der Waals surface area contributed by atoms with Crippen molar-refractivity contribution in [2.45, 2.75) is 20.3 Å². The molecule has 0 unspecified atom stereocenters. The highest BCUT2D eigenvalue weighted by atomic mass is 15.0. The standard InChI is InChI=1S/C69H50N2/c1-46(48-20-5-3-6-21-48)38-39-47(2)49-22-17-23-50(42-49)51-40-41-62-63(45-51)69(53-25-19-27-55(44-53)71-66-36-15-12-30-58(66)59-31-13-16-37-67(59)71)61-33-10-9-32-60(61)68(62)52-24-18-26-54(43-52)70-64-34-8-4-7-28-56(64)57-29-11-14-35-65(57)70/h3-33,35-45H,34H2,1-2H3/b46-38+,47-39+. The van der Waals surface area contributed by atoms with Crippen molar-refractivity contribution in [2.75, 3.05) is 0 Å². The third-order valence-electron chi connectivity index (χ3n) is 14.7. The first-order valence-corrected chi connectivity index (χ1v) is 24.7. The molecule has 13 rings (SSSR count). The van der Waals surface area contributed by atoms with Gasteiger partial charge >= 0.3 is 0 Å². The molecule has 0 saturated heterocycles. The Bertz CT molecular complexity index is 4150. The Balaban J connectivity index is 1.03. The first-order chi connectivity index (χ1) is 35.1. The number of hydrogen-bond donors (Lipinski definition) is 0. The van der Waals surface area contributed by atoms with Crippen LogP contribution in [0.3, 0.4) is 0 Å². The lowest BCUT2D eigenvalue weighted by atomic mass is 9.84. The van der Waals surface area contributed by atoms with E-state index in [1.807, 2.05) is 0 Å². The van der Waals surface area contributed by atoms with Gasteiger partial charge in [-0.1, -0.05) is 200 Å². The molecule has 0 radical (unpaired) electrons. The summed E-state index contributed by atoms with van der Waals surface area (Å²) in [6, 6.07) is 80.7. The predicted octanol–water partition coefficient (Wildman–Crippen LogP) is 18.7. The summed E-state index contributed by atoms with van der Waals surface area (Å²) in [6.45, 7) is 4.39. The van der Waals surface area contributed by atoms with Crippen molar-refractivity contribution < 1.29 is 0 Å². The van der Waals surface area contributed by atoms with Crippen LogP contribution in [0, 0.1) is 0 Å². The Labute approximate surface area is 414 Å². The van der Waals surface area contributed by atoms with E-state index >= 15 is 0 Å². The number of rotatable bonds is 8. The lowest BCUT2D eigenvalue weighted by Crippen LogP contribution is -2.01. The molecule has 2 heterocycles. The maximum absolute atomic E-state index is 2.48. The molecule has 0 atom stereocenters. The molecule has 0 fully saturated rings. The normalized spacial score (nSPS) is 12.9. The second-order valence-electron chi connectivity index (χ2n) is 18.9. The fourth-order valence-corrected chi connectivity index (χ4v) is 11.3. The number of aromatic nitrogens is 2. The van der Waals surface area contributed by atoms with Gasteiger partial charge in [-0.25, -0.2) is 0 Å². The van der Waals surface area contributed by atoms with Gasteiger partial charge in [-0.2, -0.15) is 0 Å². The zero-order valence-corrected chi connectivity index (χ0v) is 39.9. The molecular weight excluding hydrogens is 857 g/mol. The van der Waals surface area contributed by atoms with E-state index < -0.39 is 0 Å². The maximum atomic E-state index is 2.48. The topological polar surface area (TPSA) is 9.86 Å². The van der Waals surface area contributed by atoms with Gasteiger partial charge in [0.2, 0.25) is 0 Å². The molecule has 12 aromatic rings. The Hall–Kier alpha value is -8.98. The minimum absolute atomic E-state index is 0.860. The third kappa shape index (κ3) is 7.27. The van der Waals surface area contributed by atoms with Gasteiger partial charge in [0, 0.05) is 45.2 Å². The number of hydrogen-bond acceptors (Lipinski definition) is 0. The first-order valence-electron chi connectivity index (χ1n) is 24.7. The molecule has 0 amide bonds. The van der Waals surface area contributed by atoms with Crippen molar-refractivity contribution in [3.05, 3.63) is 271 Å². The lowest BCUT2D eigenvalue weighted by molar-refractivity contribution is 1.00. The lowest BCUT2D eigenvalue weighted by Gasteiger charge is -2.20. The Morgan fingerprint density at radius 3 is 1.54 bits per heavy atom. The summed E-state index contributed by atoms with van der Waals surface area (Å²) in [5.74, 6) is 0. The minimum Gasteiger partial charge on any atom is -0.313 e. The molecule has 0 N–H and O–H groups in total. The fraction of sp³-hybridized carbons (Fsp3) is 0.0435. The zero-order chi connectivity index (χ0) is 47.4. The van der Waals surface area contributed by atoms with Gasteiger partial charge in [0.05, 0.1) is 16.6 Å². The van der Waals surface area contributed by atoms with Crippen molar-refractivity contribution in [2.24, 2.45) is 0 Å². The van der Waals surface area contributed by atoms with Gasteiger partial charge in [-0.3, -0.25) is 0 Å². The summed E-state index contributed by atoms with van der Waals surface area (Å²) in [4.78, 5) is 0.